The molecular formula is C21H13BrClN3O3S. The number of aromatic carboxylic acids is 1. The SMILES string of the molecule is O=C1NC(=Nc2ccc(Br)c(Cl)c2)S/C1=C\c1cccn1-c1ccc(C(=O)O)cc1. The van der Waals surface area contributed by atoms with Crippen LogP contribution in [0.1, 0.15) is 16.1 Å². The summed E-state index contributed by atoms with van der Waals surface area (Å²) >= 11 is 10.7. The maximum absolute atomic E-state index is 12.4. The molecule has 3 aromatic rings. The van der Waals surface area contributed by atoms with Crippen molar-refractivity contribution < 1.29 is 14.7 Å². The number of amidine groups is 1. The molecule has 1 aromatic heterocycles. The molecule has 150 valence electrons. The van der Waals surface area contributed by atoms with E-state index in [0.717, 1.165) is 15.9 Å². The fourth-order valence-electron chi connectivity index (χ4n) is 2.80. The number of halogens is 2. The van der Waals surface area contributed by atoms with Gasteiger partial charge in [0.05, 0.1) is 21.2 Å². The van der Waals surface area contributed by atoms with E-state index in [1.54, 1.807) is 48.5 Å². The van der Waals surface area contributed by atoms with Crippen molar-refractivity contribution in [1.29, 1.82) is 0 Å². The van der Waals surface area contributed by atoms with E-state index < -0.39 is 5.97 Å². The Bertz CT molecular complexity index is 1220. The fraction of sp³-hybridized carbons (Fsp3) is 0. The number of aromatic nitrogens is 1. The highest BCUT2D eigenvalue weighted by Crippen LogP contribution is 2.31. The predicted molar refractivity (Wildman–Crippen MR) is 123 cm³/mol. The van der Waals surface area contributed by atoms with E-state index in [9.17, 15) is 9.59 Å². The second kappa shape index (κ2) is 8.51. The highest BCUT2D eigenvalue weighted by atomic mass is 79.9. The zero-order chi connectivity index (χ0) is 21.3. The Morgan fingerprint density at radius 1 is 1.20 bits per heavy atom. The van der Waals surface area contributed by atoms with Crippen LogP contribution in [-0.2, 0) is 4.79 Å². The molecule has 1 amide bonds. The van der Waals surface area contributed by atoms with E-state index in [0.29, 0.717) is 20.8 Å². The number of thioether (sulfide) groups is 1. The average molecular weight is 503 g/mol. The van der Waals surface area contributed by atoms with Gasteiger partial charge in [0.25, 0.3) is 5.91 Å². The van der Waals surface area contributed by atoms with Crippen LogP contribution < -0.4 is 5.32 Å². The monoisotopic (exact) mass is 501 g/mol. The quantitative estimate of drug-likeness (QED) is 0.463. The van der Waals surface area contributed by atoms with Crippen LogP contribution in [0.4, 0.5) is 5.69 Å². The lowest BCUT2D eigenvalue weighted by molar-refractivity contribution is -0.115. The van der Waals surface area contributed by atoms with Crippen LogP contribution in [0.15, 0.2) is 75.2 Å². The van der Waals surface area contributed by atoms with Gasteiger partial charge in [-0.2, -0.15) is 0 Å². The summed E-state index contributed by atoms with van der Waals surface area (Å²) in [6.45, 7) is 0. The lowest BCUT2D eigenvalue weighted by atomic mass is 10.2. The summed E-state index contributed by atoms with van der Waals surface area (Å²) in [5, 5.41) is 12.8. The number of benzene rings is 2. The number of carbonyl (C=O) groups excluding carboxylic acids is 1. The first kappa shape index (κ1) is 20.5. The van der Waals surface area contributed by atoms with E-state index in [1.807, 2.05) is 22.9 Å². The summed E-state index contributed by atoms with van der Waals surface area (Å²) < 4.78 is 2.64. The molecule has 2 N–H and O–H groups in total. The van der Waals surface area contributed by atoms with Crippen molar-refractivity contribution in [1.82, 2.24) is 9.88 Å². The molecule has 2 heterocycles. The number of amides is 1. The number of carboxylic acids is 1. The number of carbonyl (C=O) groups is 2. The van der Waals surface area contributed by atoms with Crippen LogP contribution in [-0.4, -0.2) is 26.7 Å². The second-order valence-corrected chi connectivity index (χ2v) is 8.53. The first-order chi connectivity index (χ1) is 14.4. The first-order valence-electron chi connectivity index (χ1n) is 8.66. The topological polar surface area (TPSA) is 83.7 Å². The van der Waals surface area contributed by atoms with Crippen molar-refractivity contribution in [2.45, 2.75) is 0 Å². The zero-order valence-electron chi connectivity index (χ0n) is 15.2. The molecule has 1 saturated heterocycles. The van der Waals surface area contributed by atoms with Gasteiger partial charge in [0.15, 0.2) is 5.17 Å². The van der Waals surface area contributed by atoms with Gasteiger partial charge in [0.1, 0.15) is 0 Å². The molecule has 4 rings (SSSR count). The number of carboxylic acid groups (broad SMARTS) is 1. The fourth-order valence-corrected chi connectivity index (χ4v) is 4.05. The highest BCUT2D eigenvalue weighted by Gasteiger charge is 2.24. The summed E-state index contributed by atoms with van der Waals surface area (Å²) in [7, 11) is 0. The Balaban J connectivity index is 1.59. The Kier molecular flexibility index (Phi) is 5.80. The van der Waals surface area contributed by atoms with E-state index in [2.05, 4.69) is 26.2 Å². The van der Waals surface area contributed by atoms with E-state index in [4.69, 9.17) is 16.7 Å². The summed E-state index contributed by atoms with van der Waals surface area (Å²) in [5.41, 5.74) is 2.42. The summed E-state index contributed by atoms with van der Waals surface area (Å²) in [6, 6.07) is 15.5. The molecule has 0 spiro atoms. The van der Waals surface area contributed by atoms with E-state index in [1.165, 1.54) is 11.8 Å². The molecule has 6 nitrogen and oxygen atoms in total. The van der Waals surface area contributed by atoms with Crippen molar-refractivity contribution >= 4 is 68.1 Å². The van der Waals surface area contributed by atoms with Crippen LogP contribution in [0.5, 0.6) is 0 Å². The number of nitrogens with zero attached hydrogens (tertiary/aromatic N) is 2. The molecule has 1 aliphatic heterocycles. The lowest BCUT2D eigenvalue weighted by Crippen LogP contribution is -2.19. The third-order valence-electron chi connectivity index (χ3n) is 4.24. The molecule has 30 heavy (non-hydrogen) atoms. The normalized spacial score (nSPS) is 16.3. The lowest BCUT2D eigenvalue weighted by Gasteiger charge is -2.07. The molecule has 0 saturated carbocycles. The van der Waals surface area contributed by atoms with Crippen molar-refractivity contribution in [3.8, 4) is 5.69 Å². The third kappa shape index (κ3) is 4.35. The molecule has 0 bridgehead atoms. The van der Waals surface area contributed by atoms with Crippen molar-refractivity contribution in [3.63, 3.8) is 0 Å². The van der Waals surface area contributed by atoms with Gasteiger partial charge in [0.2, 0.25) is 0 Å². The van der Waals surface area contributed by atoms with Crippen LogP contribution in [0.3, 0.4) is 0 Å². The van der Waals surface area contributed by atoms with Crippen LogP contribution >= 0.6 is 39.3 Å². The molecule has 0 atom stereocenters. The van der Waals surface area contributed by atoms with Crippen molar-refractivity contribution in [3.05, 3.63) is 86.5 Å². The molecule has 9 heteroatoms. The van der Waals surface area contributed by atoms with Gasteiger partial charge in [-0.1, -0.05) is 11.6 Å². The third-order valence-corrected chi connectivity index (χ3v) is 6.38. The number of hydrogen-bond donors (Lipinski definition) is 2. The predicted octanol–water partition coefficient (Wildman–Crippen LogP) is 5.48. The maximum Gasteiger partial charge on any atom is 0.335 e. The average Bonchev–Trinajstić information content (AvgIpc) is 3.31. The first-order valence-corrected chi connectivity index (χ1v) is 10.7. The number of hydrogen-bond acceptors (Lipinski definition) is 4. The molecule has 0 radical (unpaired) electrons. The molecule has 0 unspecified atom stereocenters. The van der Waals surface area contributed by atoms with Gasteiger partial charge in [-0.3, -0.25) is 4.79 Å². The van der Waals surface area contributed by atoms with Crippen LogP contribution in [0.25, 0.3) is 11.8 Å². The van der Waals surface area contributed by atoms with Gasteiger partial charge in [0, 0.05) is 22.1 Å². The van der Waals surface area contributed by atoms with Crippen LogP contribution in [0, 0.1) is 0 Å². The molecular weight excluding hydrogens is 490 g/mol. The van der Waals surface area contributed by atoms with E-state index >= 15 is 0 Å². The summed E-state index contributed by atoms with van der Waals surface area (Å²) in [5.74, 6) is -1.22. The summed E-state index contributed by atoms with van der Waals surface area (Å²) in [4.78, 5) is 28.4. The van der Waals surface area contributed by atoms with Crippen molar-refractivity contribution in [2.75, 3.05) is 0 Å². The van der Waals surface area contributed by atoms with Gasteiger partial charge in [-0.25, -0.2) is 9.79 Å². The second-order valence-electron chi connectivity index (χ2n) is 6.24. The van der Waals surface area contributed by atoms with Gasteiger partial charge < -0.3 is 15.0 Å². The molecule has 2 aromatic carbocycles. The Morgan fingerprint density at radius 3 is 2.67 bits per heavy atom. The van der Waals surface area contributed by atoms with Gasteiger partial charge in [-0.05, 0) is 88.4 Å². The Morgan fingerprint density at radius 2 is 1.97 bits per heavy atom. The number of aliphatic imine (C=N–C) groups is 1. The minimum atomic E-state index is -0.977. The smallest absolute Gasteiger partial charge is 0.335 e. The Hall–Kier alpha value is -2.81. The number of nitrogens with one attached hydrogen (secondary N) is 1. The van der Waals surface area contributed by atoms with Crippen LogP contribution in [0.2, 0.25) is 5.02 Å². The molecule has 0 aliphatic carbocycles. The molecule has 1 aliphatic rings. The Labute approximate surface area is 189 Å². The zero-order valence-corrected chi connectivity index (χ0v) is 18.3. The standard InChI is InChI=1S/C21H13BrClN3O3S/c22-16-8-5-13(10-17(16)23)24-21-25-19(27)18(30-21)11-15-2-1-9-26(15)14-6-3-12(4-7-14)20(28)29/h1-11H,(H,28,29)(H,24,25,27)/b18-11-. The van der Waals surface area contributed by atoms with Gasteiger partial charge >= 0.3 is 5.97 Å². The molecule has 1 fully saturated rings. The largest absolute Gasteiger partial charge is 0.478 e. The summed E-state index contributed by atoms with van der Waals surface area (Å²) in [6.07, 6.45) is 3.61. The minimum absolute atomic E-state index is 0.213. The maximum atomic E-state index is 12.4. The minimum Gasteiger partial charge on any atom is -0.478 e. The van der Waals surface area contributed by atoms with Gasteiger partial charge in [-0.15, -0.1) is 0 Å². The highest BCUT2D eigenvalue weighted by molar-refractivity contribution is 9.10. The van der Waals surface area contributed by atoms with Crippen molar-refractivity contribution in [2.24, 2.45) is 4.99 Å². The number of rotatable bonds is 4. The van der Waals surface area contributed by atoms with E-state index in [-0.39, 0.29) is 11.5 Å².